The number of nitrogens with one attached hydrogen (secondary N) is 2. The van der Waals surface area contributed by atoms with Gasteiger partial charge in [-0.2, -0.15) is 4.31 Å². The summed E-state index contributed by atoms with van der Waals surface area (Å²) in [5.74, 6) is -0.758. The van der Waals surface area contributed by atoms with Crippen molar-refractivity contribution in [2.75, 3.05) is 48.0 Å². The van der Waals surface area contributed by atoms with Gasteiger partial charge in [0.05, 0.1) is 17.6 Å². The first-order valence-electron chi connectivity index (χ1n) is 14.1. The van der Waals surface area contributed by atoms with E-state index in [-0.39, 0.29) is 30.3 Å². The molecule has 1 aromatic carbocycles. The van der Waals surface area contributed by atoms with Crippen molar-refractivity contribution < 1.29 is 22.3 Å². The number of likely N-dealkylation sites (tertiary alicyclic amines) is 1. The highest BCUT2D eigenvalue weighted by molar-refractivity contribution is 7.88. The molecule has 1 amide bonds. The predicted octanol–water partition coefficient (Wildman–Crippen LogP) is 3.88. The third kappa shape index (κ3) is 5.39. The minimum absolute atomic E-state index is 0.00702. The second-order valence-corrected chi connectivity index (χ2v) is 15.3. The summed E-state index contributed by atoms with van der Waals surface area (Å²) in [6.45, 7) is 12.6. The fraction of sp³-hybridized carbons (Fsp3) is 0.552. The first-order valence-corrected chi connectivity index (χ1v) is 16.0. The van der Waals surface area contributed by atoms with Crippen LogP contribution in [0.2, 0.25) is 0 Å². The fourth-order valence-corrected chi connectivity index (χ4v) is 7.00. The molecule has 1 aromatic heterocycles. The highest BCUT2D eigenvalue weighted by atomic mass is 32.2. The predicted molar refractivity (Wildman–Crippen MR) is 160 cm³/mol. The Labute approximate surface area is 246 Å². The maximum atomic E-state index is 15.2. The molecule has 0 aliphatic carbocycles. The third-order valence-electron chi connectivity index (χ3n) is 8.26. The van der Waals surface area contributed by atoms with Crippen molar-refractivity contribution in [2.24, 2.45) is 10.4 Å². The molecule has 1 unspecified atom stereocenters. The largest absolute Gasteiger partial charge is 0.444 e. The first kappa shape index (κ1) is 28.7. The van der Waals surface area contributed by atoms with Crippen LogP contribution in [0.15, 0.2) is 23.2 Å². The molecule has 0 radical (unpaired) electrons. The molecule has 4 aliphatic heterocycles. The van der Waals surface area contributed by atoms with Crippen LogP contribution in [0.5, 0.6) is 0 Å². The Morgan fingerprint density at radius 2 is 1.83 bits per heavy atom. The minimum Gasteiger partial charge on any atom is -0.444 e. The Kier molecular flexibility index (Phi) is 6.50. The van der Waals surface area contributed by atoms with Gasteiger partial charge in [0.25, 0.3) is 0 Å². The van der Waals surface area contributed by atoms with E-state index in [9.17, 15) is 13.2 Å². The third-order valence-corrected chi connectivity index (χ3v) is 9.46. The Balaban J connectivity index is 1.19. The van der Waals surface area contributed by atoms with Gasteiger partial charge in [-0.3, -0.25) is 0 Å². The Morgan fingerprint density at radius 3 is 2.50 bits per heavy atom. The van der Waals surface area contributed by atoms with Crippen LogP contribution in [-0.2, 0) is 27.8 Å². The number of carbonyl (C=O) groups excluding carboxylic acids is 1. The summed E-state index contributed by atoms with van der Waals surface area (Å²) in [5, 5.41) is 6.65. The van der Waals surface area contributed by atoms with Crippen LogP contribution in [0, 0.1) is 18.2 Å². The van der Waals surface area contributed by atoms with Crippen molar-refractivity contribution >= 4 is 39.5 Å². The Bertz CT molecular complexity index is 1600. The summed E-state index contributed by atoms with van der Waals surface area (Å²) < 4.78 is 46.2. The molecule has 11 nitrogen and oxygen atoms in total. The number of halogens is 1. The van der Waals surface area contributed by atoms with Crippen LogP contribution in [0.25, 0.3) is 0 Å². The molecule has 0 saturated carbocycles. The van der Waals surface area contributed by atoms with Crippen molar-refractivity contribution in [1.82, 2.24) is 14.2 Å². The number of fused-ring (bicyclic) bond motifs is 2. The van der Waals surface area contributed by atoms with Gasteiger partial charge >= 0.3 is 6.09 Å². The standard InChI is InChI=1S/C29H38FN7O4S/c1-18-9-19-12-31-28(5,33-23-11-21-14-37(42(6,39)40)13-20(21)10-22(23)30)34-24(19)25(32-18)36-16-29(17-36)7-8-35(15-29)26(38)41-27(2,3)4/h9-12,33-34H,7-8,13-17H2,1-6H3. The molecule has 2 N–H and O–H groups in total. The van der Waals surface area contributed by atoms with Gasteiger partial charge in [-0.15, -0.1) is 0 Å². The number of aliphatic imine (C=N–C) groups is 1. The van der Waals surface area contributed by atoms with Crippen molar-refractivity contribution in [3.63, 3.8) is 0 Å². The van der Waals surface area contributed by atoms with E-state index in [0.717, 1.165) is 54.1 Å². The molecule has 2 saturated heterocycles. The van der Waals surface area contributed by atoms with Crippen molar-refractivity contribution in [1.29, 1.82) is 0 Å². The number of rotatable bonds is 4. The van der Waals surface area contributed by atoms with Crippen LogP contribution in [-0.4, -0.2) is 78.7 Å². The zero-order valence-electron chi connectivity index (χ0n) is 24.9. The summed E-state index contributed by atoms with van der Waals surface area (Å²) in [5.41, 5.74) is 3.65. The highest BCUT2D eigenvalue weighted by Gasteiger charge is 2.50. The monoisotopic (exact) mass is 599 g/mol. The summed E-state index contributed by atoms with van der Waals surface area (Å²) in [6.07, 6.45) is 3.55. The molecular formula is C29H38FN7O4S. The number of aromatic nitrogens is 1. The topological polar surface area (TPSA) is 119 Å². The number of benzene rings is 1. The van der Waals surface area contributed by atoms with Gasteiger partial charge in [-0.1, -0.05) is 0 Å². The number of aryl methyl sites for hydroxylation is 1. The highest BCUT2D eigenvalue weighted by Crippen LogP contribution is 2.45. The number of sulfonamides is 1. The quantitative estimate of drug-likeness (QED) is 0.544. The average Bonchev–Trinajstić information content (AvgIpc) is 3.47. The average molecular weight is 600 g/mol. The normalized spacial score (nSPS) is 22.9. The lowest BCUT2D eigenvalue weighted by molar-refractivity contribution is 0.0265. The Morgan fingerprint density at radius 1 is 1.14 bits per heavy atom. The van der Waals surface area contributed by atoms with Crippen molar-refractivity contribution in [3.8, 4) is 0 Å². The zero-order chi connectivity index (χ0) is 30.2. The van der Waals surface area contributed by atoms with E-state index in [1.54, 1.807) is 17.2 Å². The van der Waals surface area contributed by atoms with Gasteiger partial charge in [0.2, 0.25) is 15.8 Å². The van der Waals surface area contributed by atoms with Crippen LogP contribution in [0.3, 0.4) is 0 Å². The van der Waals surface area contributed by atoms with Crippen molar-refractivity contribution in [2.45, 2.75) is 65.5 Å². The SMILES string of the molecule is Cc1cc2c(c(N3CC4(CCN(C(=O)OC(C)(C)C)C4)C3)n1)NC(C)(Nc1cc3c(cc1F)CN(S(C)(=O)=O)C3)N=C2. The molecule has 2 aromatic rings. The number of hydrogen-bond donors (Lipinski definition) is 2. The zero-order valence-corrected chi connectivity index (χ0v) is 25.7. The van der Waals surface area contributed by atoms with Crippen LogP contribution < -0.4 is 15.5 Å². The van der Waals surface area contributed by atoms with E-state index in [2.05, 4.69) is 20.5 Å². The van der Waals surface area contributed by atoms with Gasteiger partial charge in [0.1, 0.15) is 11.4 Å². The molecule has 226 valence electrons. The molecule has 1 atom stereocenters. The molecular weight excluding hydrogens is 561 g/mol. The first-order chi connectivity index (χ1) is 19.5. The van der Waals surface area contributed by atoms with Gasteiger partial charge in [0, 0.05) is 62.2 Å². The minimum atomic E-state index is -3.39. The molecule has 42 heavy (non-hydrogen) atoms. The number of nitrogens with zero attached hydrogens (tertiary/aromatic N) is 5. The molecule has 13 heteroatoms. The molecule has 2 fully saturated rings. The summed E-state index contributed by atoms with van der Waals surface area (Å²) in [6, 6.07) is 5.02. The van der Waals surface area contributed by atoms with E-state index in [1.807, 2.05) is 40.7 Å². The number of hydrogen-bond acceptors (Lipinski definition) is 9. The molecule has 1 spiro atoms. The van der Waals surface area contributed by atoms with E-state index >= 15 is 4.39 Å². The molecule has 0 bridgehead atoms. The van der Waals surface area contributed by atoms with Gasteiger partial charge in [-0.25, -0.2) is 27.6 Å². The van der Waals surface area contributed by atoms with Gasteiger partial charge in [0.15, 0.2) is 5.82 Å². The lowest BCUT2D eigenvalue weighted by Crippen LogP contribution is -2.58. The second kappa shape index (κ2) is 9.53. The molecule has 4 aliphatic rings. The maximum absolute atomic E-state index is 15.2. The summed E-state index contributed by atoms with van der Waals surface area (Å²) in [4.78, 5) is 26.2. The van der Waals surface area contributed by atoms with Crippen molar-refractivity contribution in [3.05, 3.63) is 46.4 Å². The smallest absolute Gasteiger partial charge is 0.410 e. The number of carbonyl (C=O) groups is 1. The van der Waals surface area contributed by atoms with Crippen LogP contribution >= 0.6 is 0 Å². The van der Waals surface area contributed by atoms with Gasteiger partial charge in [-0.05, 0) is 70.4 Å². The molecule has 6 rings (SSSR count). The maximum Gasteiger partial charge on any atom is 0.410 e. The van der Waals surface area contributed by atoms with E-state index < -0.39 is 27.2 Å². The van der Waals surface area contributed by atoms with E-state index in [1.165, 1.54) is 10.4 Å². The number of anilines is 3. The number of pyridine rings is 1. The van der Waals surface area contributed by atoms with Crippen LogP contribution in [0.1, 0.15) is 56.5 Å². The lowest BCUT2D eigenvalue weighted by atomic mass is 9.79. The second-order valence-electron chi connectivity index (χ2n) is 13.3. The number of ether oxygens (including phenoxy) is 1. The van der Waals surface area contributed by atoms with Crippen LogP contribution in [0.4, 0.5) is 26.4 Å². The van der Waals surface area contributed by atoms with E-state index in [4.69, 9.17) is 9.72 Å². The summed E-state index contributed by atoms with van der Waals surface area (Å²) >= 11 is 0. The van der Waals surface area contributed by atoms with Gasteiger partial charge < -0.3 is 25.2 Å². The molecule has 5 heterocycles. The van der Waals surface area contributed by atoms with E-state index in [0.29, 0.717) is 18.7 Å². The summed E-state index contributed by atoms with van der Waals surface area (Å²) in [7, 11) is -3.39. The lowest BCUT2D eigenvalue weighted by Gasteiger charge is -2.49. The fourth-order valence-electron chi connectivity index (χ4n) is 6.25. The number of amides is 1. The Hall–Kier alpha value is -3.45.